The van der Waals surface area contributed by atoms with Crippen LogP contribution in [0.25, 0.3) is 10.9 Å². The number of fused-ring (bicyclic) bond motifs is 1. The van der Waals surface area contributed by atoms with Gasteiger partial charge in [0.05, 0.1) is 24.3 Å². The van der Waals surface area contributed by atoms with E-state index in [0.29, 0.717) is 12.3 Å². The van der Waals surface area contributed by atoms with Crippen molar-refractivity contribution in [3.8, 4) is 0 Å². The topological polar surface area (TPSA) is 97.0 Å². The Morgan fingerprint density at radius 3 is 3.05 bits per heavy atom. The second-order valence-corrected chi connectivity index (χ2v) is 4.02. The summed E-state index contributed by atoms with van der Waals surface area (Å²) in [4.78, 5) is 9.93. The lowest BCUT2D eigenvalue weighted by Gasteiger charge is -2.03. The van der Waals surface area contributed by atoms with Crippen molar-refractivity contribution < 1.29 is 9.34 Å². The van der Waals surface area contributed by atoms with Crippen LogP contribution >= 0.6 is 0 Å². The number of H-pyrrole nitrogens is 1. The third kappa shape index (κ3) is 2.25. The highest BCUT2D eigenvalue weighted by atomic mass is 16.6. The van der Waals surface area contributed by atoms with Crippen molar-refractivity contribution in [3.05, 3.63) is 52.4 Å². The van der Waals surface area contributed by atoms with Crippen molar-refractivity contribution in [3.63, 3.8) is 0 Å². The molecular weight excluding hydrogens is 248 g/mol. The van der Waals surface area contributed by atoms with Crippen LogP contribution in [-0.2, 0) is 6.54 Å². The first kappa shape index (κ1) is 11.3. The molecule has 2 aromatic heterocycles. The zero-order chi connectivity index (χ0) is 13.2. The van der Waals surface area contributed by atoms with Crippen LogP contribution in [0.3, 0.4) is 0 Å². The van der Waals surface area contributed by atoms with Gasteiger partial charge >= 0.3 is 5.88 Å². The van der Waals surface area contributed by atoms with Gasteiger partial charge in [0.25, 0.3) is 0 Å². The van der Waals surface area contributed by atoms with Gasteiger partial charge in [-0.15, -0.1) is 0 Å². The average Bonchev–Trinajstić information content (AvgIpc) is 3.04. The Morgan fingerprint density at radius 1 is 1.37 bits per heavy atom. The zero-order valence-corrected chi connectivity index (χ0v) is 9.79. The molecule has 0 aliphatic carbocycles. The summed E-state index contributed by atoms with van der Waals surface area (Å²) in [6.07, 6.45) is 1.75. The summed E-state index contributed by atoms with van der Waals surface area (Å²) in [6.45, 7) is 0.382. The van der Waals surface area contributed by atoms with Crippen molar-refractivity contribution in [2.45, 2.75) is 6.54 Å². The molecule has 0 aliphatic heterocycles. The van der Waals surface area contributed by atoms with Gasteiger partial charge in [-0.2, -0.15) is 5.10 Å². The fraction of sp³-hybridized carbons (Fsp3) is 0.0833. The molecule has 0 saturated carbocycles. The van der Waals surface area contributed by atoms with Gasteiger partial charge in [0.2, 0.25) is 0 Å². The van der Waals surface area contributed by atoms with Crippen LogP contribution in [0.15, 0.2) is 40.9 Å². The molecule has 2 heterocycles. The maximum absolute atomic E-state index is 10.5. The largest absolute Gasteiger partial charge is 0.433 e. The summed E-state index contributed by atoms with van der Waals surface area (Å²) in [5, 5.41) is 21.5. The summed E-state index contributed by atoms with van der Waals surface area (Å²) in [5.41, 5.74) is 1.81. The molecule has 0 amide bonds. The maximum Gasteiger partial charge on any atom is 0.433 e. The molecule has 1 aromatic carbocycles. The number of anilines is 1. The van der Waals surface area contributed by atoms with Crippen molar-refractivity contribution in [2.24, 2.45) is 0 Å². The molecule has 96 valence electrons. The minimum atomic E-state index is -0.555. The molecule has 2 N–H and O–H groups in total. The summed E-state index contributed by atoms with van der Waals surface area (Å²) >= 11 is 0. The lowest BCUT2D eigenvalue weighted by atomic mass is 10.2. The number of nitro groups is 1. The van der Waals surface area contributed by atoms with Crippen molar-refractivity contribution in [1.82, 2.24) is 10.2 Å². The van der Waals surface area contributed by atoms with E-state index in [9.17, 15) is 10.1 Å². The summed E-state index contributed by atoms with van der Waals surface area (Å²) in [5.74, 6) is 0.261. The smallest absolute Gasteiger partial charge is 0.404 e. The highest BCUT2D eigenvalue weighted by Gasteiger charge is 2.11. The van der Waals surface area contributed by atoms with Gasteiger partial charge in [-0.1, -0.05) is 0 Å². The fourth-order valence-corrected chi connectivity index (χ4v) is 1.80. The zero-order valence-electron chi connectivity index (χ0n) is 9.79. The average molecular weight is 258 g/mol. The molecular formula is C12H10N4O3. The lowest BCUT2D eigenvalue weighted by molar-refractivity contribution is -0.402. The molecule has 0 fully saturated rings. The van der Waals surface area contributed by atoms with Crippen LogP contribution in [0, 0.1) is 10.1 Å². The molecule has 0 radical (unpaired) electrons. The molecule has 7 nitrogen and oxygen atoms in total. The first-order valence-electron chi connectivity index (χ1n) is 5.62. The van der Waals surface area contributed by atoms with Gasteiger partial charge in [-0.05, 0) is 24.3 Å². The monoisotopic (exact) mass is 258 g/mol. The Balaban J connectivity index is 1.72. The molecule has 0 bridgehead atoms. The van der Waals surface area contributed by atoms with Gasteiger partial charge < -0.3 is 9.73 Å². The Labute approximate surface area is 107 Å². The molecule has 0 aliphatic rings. The van der Waals surface area contributed by atoms with E-state index in [-0.39, 0.29) is 5.88 Å². The van der Waals surface area contributed by atoms with Crippen LogP contribution < -0.4 is 5.32 Å². The number of nitrogens with zero attached hydrogens (tertiary/aromatic N) is 2. The van der Waals surface area contributed by atoms with Gasteiger partial charge in [0, 0.05) is 11.1 Å². The van der Waals surface area contributed by atoms with E-state index in [0.717, 1.165) is 16.6 Å². The second-order valence-electron chi connectivity index (χ2n) is 4.02. The number of aromatic nitrogens is 2. The maximum atomic E-state index is 10.5. The highest BCUT2D eigenvalue weighted by Crippen LogP contribution is 2.19. The lowest BCUT2D eigenvalue weighted by Crippen LogP contribution is -1.97. The number of aromatic amines is 1. The number of benzene rings is 1. The van der Waals surface area contributed by atoms with E-state index < -0.39 is 4.92 Å². The number of hydrogen-bond donors (Lipinski definition) is 2. The van der Waals surface area contributed by atoms with Gasteiger partial charge in [0.1, 0.15) is 10.7 Å². The SMILES string of the molecule is O=[N+]([O-])c1ccc(CNc2ccc3cn[nH]c3c2)o1. The standard InChI is InChI=1S/C12H10N4O3/c17-16(18)12-4-3-10(19-12)7-13-9-2-1-8-6-14-15-11(8)5-9/h1-6,13H,7H2,(H,14,15). The summed E-state index contributed by atoms with van der Waals surface area (Å²) in [6, 6.07) is 8.69. The summed E-state index contributed by atoms with van der Waals surface area (Å²) < 4.78 is 5.06. The van der Waals surface area contributed by atoms with Crippen LogP contribution in [0.2, 0.25) is 0 Å². The van der Waals surface area contributed by atoms with Crippen LogP contribution in [0.1, 0.15) is 5.76 Å². The highest BCUT2D eigenvalue weighted by molar-refractivity contribution is 5.81. The minimum absolute atomic E-state index is 0.249. The molecule has 3 aromatic rings. The Hall–Kier alpha value is -2.83. The number of nitrogens with one attached hydrogen (secondary N) is 2. The molecule has 3 rings (SSSR count). The van der Waals surface area contributed by atoms with E-state index >= 15 is 0 Å². The molecule has 19 heavy (non-hydrogen) atoms. The number of furan rings is 1. The number of rotatable bonds is 4. The van der Waals surface area contributed by atoms with Gasteiger partial charge in [0.15, 0.2) is 0 Å². The second kappa shape index (κ2) is 4.45. The van der Waals surface area contributed by atoms with Gasteiger partial charge in [-0.25, -0.2) is 0 Å². The van der Waals surface area contributed by atoms with Crippen molar-refractivity contribution in [2.75, 3.05) is 5.32 Å². The van der Waals surface area contributed by atoms with Crippen LogP contribution in [0.4, 0.5) is 11.6 Å². The van der Waals surface area contributed by atoms with Gasteiger partial charge in [-0.3, -0.25) is 15.2 Å². The number of hydrogen-bond acceptors (Lipinski definition) is 5. The first-order chi connectivity index (χ1) is 9.22. The summed E-state index contributed by atoms with van der Waals surface area (Å²) in [7, 11) is 0. The molecule has 0 saturated heterocycles. The molecule has 0 unspecified atom stereocenters. The molecule has 7 heteroatoms. The van der Waals surface area contributed by atoms with E-state index in [4.69, 9.17) is 4.42 Å². The first-order valence-corrected chi connectivity index (χ1v) is 5.62. The predicted octanol–water partition coefficient (Wildman–Crippen LogP) is 2.68. The van der Waals surface area contributed by atoms with E-state index in [1.807, 2.05) is 18.2 Å². The molecule has 0 atom stereocenters. The predicted molar refractivity (Wildman–Crippen MR) is 68.8 cm³/mol. The van der Waals surface area contributed by atoms with Crippen LogP contribution in [0.5, 0.6) is 0 Å². The Morgan fingerprint density at radius 2 is 2.26 bits per heavy atom. The van der Waals surface area contributed by atoms with Crippen molar-refractivity contribution in [1.29, 1.82) is 0 Å². The van der Waals surface area contributed by atoms with Crippen LogP contribution in [-0.4, -0.2) is 15.1 Å². The van der Waals surface area contributed by atoms with E-state index in [2.05, 4.69) is 15.5 Å². The fourth-order valence-electron chi connectivity index (χ4n) is 1.80. The third-order valence-electron chi connectivity index (χ3n) is 2.74. The Bertz CT molecular complexity index is 731. The molecule has 0 spiro atoms. The van der Waals surface area contributed by atoms with E-state index in [1.165, 1.54) is 6.07 Å². The third-order valence-corrected chi connectivity index (χ3v) is 2.74. The quantitative estimate of drug-likeness (QED) is 0.554. The minimum Gasteiger partial charge on any atom is -0.404 e. The van der Waals surface area contributed by atoms with Crippen molar-refractivity contribution >= 4 is 22.5 Å². The normalized spacial score (nSPS) is 10.7. The van der Waals surface area contributed by atoms with E-state index in [1.54, 1.807) is 12.3 Å². The Kier molecular flexibility index (Phi) is 2.64.